The molecule has 0 fully saturated rings. The summed E-state index contributed by atoms with van der Waals surface area (Å²) in [6.45, 7) is 4.05. The van der Waals surface area contributed by atoms with Crippen molar-refractivity contribution in [3.05, 3.63) is 81.8 Å². The topological polar surface area (TPSA) is 54.9 Å². The Balaban J connectivity index is 1.52. The molecule has 6 heteroatoms. The van der Waals surface area contributed by atoms with Crippen LogP contribution in [0.3, 0.4) is 0 Å². The van der Waals surface area contributed by atoms with Crippen molar-refractivity contribution in [3.63, 3.8) is 0 Å². The molecule has 146 valence electrons. The Bertz CT molecular complexity index is 1160. The lowest BCUT2D eigenvalue weighted by molar-refractivity contribution is -0.113. The number of nitrogens with zero attached hydrogens (tertiary/aromatic N) is 2. The number of hydrogen-bond acceptors (Lipinski definition) is 5. The Hall–Kier alpha value is -2.70. The summed E-state index contributed by atoms with van der Waals surface area (Å²) in [6, 6.07) is 18.1. The summed E-state index contributed by atoms with van der Waals surface area (Å²) >= 11 is 3.15. The second-order valence-electron chi connectivity index (χ2n) is 6.87. The van der Waals surface area contributed by atoms with Crippen molar-refractivity contribution in [1.82, 2.24) is 9.97 Å². The minimum atomic E-state index is -0.0375. The molecule has 0 radical (unpaired) electrons. The van der Waals surface area contributed by atoms with Crippen molar-refractivity contribution in [2.24, 2.45) is 0 Å². The Morgan fingerprint density at radius 2 is 1.93 bits per heavy atom. The standard InChI is InChI=1S/C23H21N3OS2/c1-15-9-10-19(16(2)12-15)25-22(27)14-29-23-18-7-3-4-8-20(18)24-21(26-23)13-17-6-5-11-28-17/h3-12H,13-14H2,1-2H3,(H,25,27). The van der Waals surface area contributed by atoms with Crippen molar-refractivity contribution in [3.8, 4) is 0 Å². The number of benzene rings is 2. The first-order valence-corrected chi connectivity index (χ1v) is 11.2. The number of carbonyl (C=O) groups excluding carboxylic acids is 1. The highest BCUT2D eigenvalue weighted by Crippen LogP contribution is 2.27. The number of amides is 1. The quantitative estimate of drug-likeness (QED) is 0.325. The van der Waals surface area contributed by atoms with E-state index in [-0.39, 0.29) is 5.91 Å². The molecule has 0 atom stereocenters. The van der Waals surface area contributed by atoms with Crippen LogP contribution in [-0.2, 0) is 11.2 Å². The molecule has 0 saturated carbocycles. The highest BCUT2D eigenvalue weighted by Gasteiger charge is 2.12. The highest BCUT2D eigenvalue weighted by molar-refractivity contribution is 8.00. The highest BCUT2D eigenvalue weighted by atomic mass is 32.2. The van der Waals surface area contributed by atoms with Crippen LogP contribution in [0, 0.1) is 13.8 Å². The molecule has 0 aliphatic heterocycles. The molecular weight excluding hydrogens is 398 g/mol. The minimum absolute atomic E-state index is 0.0375. The number of aromatic nitrogens is 2. The van der Waals surface area contributed by atoms with E-state index in [9.17, 15) is 4.79 Å². The Morgan fingerprint density at radius 3 is 2.72 bits per heavy atom. The summed E-state index contributed by atoms with van der Waals surface area (Å²) < 4.78 is 0. The van der Waals surface area contributed by atoms with E-state index >= 15 is 0 Å². The van der Waals surface area contributed by atoms with Gasteiger partial charge in [-0.25, -0.2) is 9.97 Å². The maximum atomic E-state index is 12.5. The van der Waals surface area contributed by atoms with Crippen molar-refractivity contribution in [2.45, 2.75) is 25.3 Å². The summed E-state index contributed by atoms with van der Waals surface area (Å²) in [4.78, 5) is 23.2. The van der Waals surface area contributed by atoms with Gasteiger partial charge in [0, 0.05) is 22.4 Å². The summed E-state index contributed by atoms with van der Waals surface area (Å²) in [5, 5.41) is 6.89. The second-order valence-corrected chi connectivity index (χ2v) is 8.87. The largest absolute Gasteiger partial charge is 0.325 e. The van der Waals surface area contributed by atoms with Gasteiger partial charge in [-0.05, 0) is 43.0 Å². The molecule has 0 saturated heterocycles. The lowest BCUT2D eigenvalue weighted by Gasteiger charge is -2.10. The molecule has 2 heterocycles. The fourth-order valence-electron chi connectivity index (χ4n) is 3.13. The van der Waals surface area contributed by atoms with Crippen LogP contribution in [0.25, 0.3) is 10.9 Å². The predicted molar refractivity (Wildman–Crippen MR) is 122 cm³/mol. The lowest BCUT2D eigenvalue weighted by Crippen LogP contribution is -2.15. The van der Waals surface area contributed by atoms with Crippen LogP contribution in [-0.4, -0.2) is 21.6 Å². The minimum Gasteiger partial charge on any atom is -0.325 e. The van der Waals surface area contributed by atoms with Gasteiger partial charge in [-0.3, -0.25) is 4.79 Å². The Labute approximate surface area is 178 Å². The van der Waals surface area contributed by atoms with Gasteiger partial charge in [0.1, 0.15) is 10.9 Å². The number of anilines is 1. The van der Waals surface area contributed by atoms with E-state index < -0.39 is 0 Å². The van der Waals surface area contributed by atoms with Crippen LogP contribution in [0.15, 0.2) is 65.0 Å². The molecule has 0 spiro atoms. The molecule has 2 aromatic carbocycles. The smallest absolute Gasteiger partial charge is 0.234 e. The summed E-state index contributed by atoms with van der Waals surface area (Å²) in [5.74, 6) is 1.04. The maximum Gasteiger partial charge on any atom is 0.234 e. The zero-order valence-corrected chi connectivity index (χ0v) is 17.9. The van der Waals surface area contributed by atoms with E-state index in [2.05, 4.69) is 22.8 Å². The maximum absolute atomic E-state index is 12.5. The number of thioether (sulfide) groups is 1. The normalized spacial score (nSPS) is 11.0. The number of nitrogens with one attached hydrogen (secondary N) is 1. The second kappa shape index (κ2) is 8.76. The zero-order valence-electron chi connectivity index (χ0n) is 16.3. The number of para-hydroxylation sites is 1. The van der Waals surface area contributed by atoms with Crippen molar-refractivity contribution in [2.75, 3.05) is 11.1 Å². The Kier molecular flexibility index (Phi) is 5.92. The van der Waals surface area contributed by atoms with Crippen molar-refractivity contribution in [1.29, 1.82) is 0 Å². The molecule has 1 amide bonds. The van der Waals surface area contributed by atoms with Gasteiger partial charge >= 0.3 is 0 Å². The van der Waals surface area contributed by atoms with Gasteiger partial charge in [-0.1, -0.05) is 53.7 Å². The van der Waals surface area contributed by atoms with Gasteiger partial charge in [0.25, 0.3) is 0 Å². The van der Waals surface area contributed by atoms with Crippen molar-refractivity contribution < 1.29 is 4.79 Å². The molecule has 4 nitrogen and oxygen atoms in total. The third-order valence-corrected chi connectivity index (χ3v) is 6.39. The van der Waals surface area contributed by atoms with Gasteiger partial charge in [0.05, 0.1) is 11.3 Å². The van der Waals surface area contributed by atoms with Gasteiger partial charge in [0.15, 0.2) is 0 Å². The summed E-state index contributed by atoms with van der Waals surface area (Å²) in [7, 11) is 0. The van der Waals surface area contributed by atoms with E-state index in [1.165, 1.54) is 22.2 Å². The number of rotatable bonds is 6. The monoisotopic (exact) mass is 419 g/mol. The first-order chi connectivity index (χ1) is 14.1. The van der Waals surface area contributed by atoms with Gasteiger partial charge in [-0.15, -0.1) is 11.3 Å². The van der Waals surface area contributed by atoms with E-state index in [1.807, 2.05) is 56.3 Å². The number of aryl methyl sites for hydroxylation is 2. The van der Waals surface area contributed by atoms with E-state index in [1.54, 1.807) is 11.3 Å². The third kappa shape index (κ3) is 4.83. The predicted octanol–water partition coefficient (Wildman–Crippen LogP) is 5.63. The molecule has 29 heavy (non-hydrogen) atoms. The third-order valence-electron chi connectivity index (χ3n) is 4.52. The van der Waals surface area contributed by atoms with Crippen LogP contribution in [0.5, 0.6) is 0 Å². The SMILES string of the molecule is Cc1ccc(NC(=O)CSc2nc(Cc3cccs3)nc3ccccc23)c(C)c1. The first-order valence-electron chi connectivity index (χ1n) is 9.36. The van der Waals surface area contributed by atoms with Gasteiger partial charge in [-0.2, -0.15) is 0 Å². The first kappa shape index (κ1) is 19.6. The van der Waals surface area contributed by atoms with E-state index in [0.29, 0.717) is 12.2 Å². The van der Waals surface area contributed by atoms with Crippen LogP contribution >= 0.6 is 23.1 Å². The molecule has 4 rings (SSSR count). The zero-order chi connectivity index (χ0) is 20.2. The average molecular weight is 420 g/mol. The molecule has 0 aliphatic carbocycles. The van der Waals surface area contributed by atoms with Crippen LogP contribution in [0.1, 0.15) is 21.8 Å². The van der Waals surface area contributed by atoms with E-state index in [4.69, 9.17) is 9.97 Å². The molecule has 0 bridgehead atoms. The number of fused-ring (bicyclic) bond motifs is 1. The molecule has 0 aliphatic rings. The molecule has 1 N–H and O–H groups in total. The van der Waals surface area contributed by atoms with Crippen LogP contribution in [0.2, 0.25) is 0 Å². The average Bonchev–Trinajstić information content (AvgIpc) is 3.21. The van der Waals surface area contributed by atoms with Crippen LogP contribution < -0.4 is 5.32 Å². The Morgan fingerprint density at radius 1 is 1.07 bits per heavy atom. The summed E-state index contributed by atoms with van der Waals surface area (Å²) in [6.07, 6.45) is 0.699. The summed E-state index contributed by atoms with van der Waals surface area (Å²) in [5.41, 5.74) is 4.01. The van der Waals surface area contributed by atoms with Gasteiger partial charge < -0.3 is 5.32 Å². The lowest BCUT2D eigenvalue weighted by atomic mass is 10.1. The fraction of sp³-hybridized carbons (Fsp3) is 0.174. The number of thiophene rings is 1. The number of carbonyl (C=O) groups is 1. The van der Waals surface area contributed by atoms with Gasteiger partial charge in [0.2, 0.25) is 5.91 Å². The van der Waals surface area contributed by atoms with E-state index in [0.717, 1.165) is 33.0 Å². The van der Waals surface area contributed by atoms with Crippen molar-refractivity contribution >= 4 is 45.6 Å². The fourth-order valence-corrected chi connectivity index (χ4v) is 4.67. The molecule has 2 aromatic heterocycles. The number of hydrogen-bond donors (Lipinski definition) is 1. The molecule has 0 unspecified atom stereocenters. The molecular formula is C23H21N3OS2. The van der Waals surface area contributed by atoms with Crippen LogP contribution in [0.4, 0.5) is 5.69 Å². The molecule has 4 aromatic rings.